The maximum atomic E-state index is 10.8. The number of hydrogen-bond donors (Lipinski definition) is 2. The maximum absolute atomic E-state index is 10.8. The standard InChI is InChI=1S/C31H57ClO6Si/c1-23(38-39(5,6)31(2,3)4)14-13-15-24(33)19-20-26-25(16-9-7-8-10-17-29(34)35)27(32)22-28(26)37-30-18-11-12-21-36-30/h19-20,23-28,30,33H,7-18,21-22H2,1-6H3,(H,34,35)/t23-,24+,25-,26-,27-,28-,30?/m1/s1. The molecule has 0 aromatic rings. The SMILES string of the molecule is C[C@H](CCC[C@H](O)C=C[C@@H]1[C@@H](CCCCCCC(=O)O)[C@H](Cl)C[C@H]1OC1CCCCO1)O[Si](C)(C)C(C)(C)C. The number of rotatable bonds is 17. The number of carbonyl (C=O) groups is 1. The lowest BCUT2D eigenvalue weighted by Crippen LogP contribution is -2.43. The first-order valence-electron chi connectivity index (χ1n) is 15.5. The van der Waals surface area contributed by atoms with Crippen LogP contribution in [0.5, 0.6) is 0 Å². The fourth-order valence-electron chi connectivity index (χ4n) is 5.59. The van der Waals surface area contributed by atoms with Crippen molar-refractivity contribution in [2.75, 3.05) is 6.61 Å². The molecule has 0 bridgehead atoms. The number of carboxylic acid groups (broad SMARTS) is 1. The molecule has 1 saturated carbocycles. The quantitative estimate of drug-likeness (QED) is 0.0773. The molecule has 2 fully saturated rings. The van der Waals surface area contributed by atoms with E-state index in [2.05, 4.69) is 46.9 Å². The number of carboxylic acids is 1. The predicted molar refractivity (Wildman–Crippen MR) is 162 cm³/mol. The van der Waals surface area contributed by atoms with Gasteiger partial charge in [0.05, 0.1) is 12.2 Å². The molecule has 1 aliphatic carbocycles. The number of ether oxygens (including phenoxy) is 2. The summed E-state index contributed by atoms with van der Waals surface area (Å²) >= 11 is 6.88. The number of halogens is 1. The van der Waals surface area contributed by atoms with Crippen LogP contribution in [-0.4, -0.2) is 61.1 Å². The van der Waals surface area contributed by atoms with Crippen LogP contribution in [0.15, 0.2) is 12.2 Å². The smallest absolute Gasteiger partial charge is 0.303 e. The summed E-state index contributed by atoms with van der Waals surface area (Å²) in [5.74, 6) is -0.299. The highest BCUT2D eigenvalue weighted by Gasteiger charge is 2.42. The van der Waals surface area contributed by atoms with Crippen molar-refractivity contribution in [2.24, 2.45) is 11.8 Å². The third-order valence-electron chi connectivity index (χ3n) is 8.96. The van der Waals surface area contributed by atoms with Gasteiger partial charge >= 0.3 is 5.97 Å². The zero-order valence-corrected chi connectivity index (χ0v) is 27.3. The summed E-state index contributed by atoms with van der Waals surface area (Å²) in [7, 11) is -1.78. The number of hydrogen-bond acceptors (Lipinski definition) is 5. The Morgan fingerprint density at radius 2 is 1.85 bits per heavy atom. The van der Waals surface area contributed by atoms with Crippen molar-refractivity contribution in [2.45, 2.75) is 159 Å². The molecular formula is C31H57ClO6Si. The summed E-state index contributed by atoms with van der Waals surface area (Å²) in [4.78, 5) is 10.8. The Bertz CT molecular complexity index is 733. The molecular weight excluding hydrogens is 532 g/mol. The molecule has 228 valence electrons. The van der Waals surface area contributed by atoms with Gasteiger partial charge in [-0.15, -0.1) is 11.6 Å². The molecule has 1 unspecified atom stereocenters. The zero-order chi connectivity index (χ0) is 29.1. The molecule has 7 atom stereocenters. The Labute approximate surface area is 244 Å². The van der Waals surface area contributed by atoms with E-state index in [4.69, 9.17) is 30.6 Å². The van der Waals surface area contributed by atoms with Gasteiger partial charge in [0.25, 0.3) is 0 Å². The van der Waals surface area contributed by atoms with Crippen molar-refractivity contribution >= 4 is 25.9 Å². The topological polar surface area (TPSA) is 85.2 Å². The van der Waals surface area contributed by atoms with Crippen LogP contribution in [-0.2, 0) is 18.7 Å². The Hall–Kier alpha value is -0.443. The minimum absolute atomic E-state index is 0.00549. The molecule has 0 amide bonds. The minimum Gasteiger partial charge on any atom is -0.481 e. The largest absolute Gasteiger partial charge is 0.481 e. The van der Waals surface area contributed by atoms with Crippen LogP contribution in [0, 0.1) is 11.8 Å². The van der Waals surface area contributed by atoms with Crippen LogP contribution in [0.3, 0.4) is 0 Å². The van der Waals surface area contributed by atoms with E-state index in [1.54, 1.807) is 0 Å². The van der Waals surface area contributed by atoms with Crippen molar-refractivity contribution in [1.82, 2.24) is 0 Å². The summed E-state index contributed by atoms with van der Waals surface area (Å²) < 4.78 is 18.8. The average Bonchev–Trinajstić information content (AvgIpc) is 3.12. The second-order valence-electron chi connectivity index (χ2n) is 13.4. The van der Waals surface area contributed by atoms with Crippen LogP contribution in [0.25, 0.3) is 0 Å². The van der Waals surface area contributed by atoms with Gasteiger partial charge in [-0.05, 0) is 88.8 Å². The van der Waals surface area contributed by atoms with Gasteiger partial charge in [-0.1, -0.05) is 52.2 Å². The third-order valence-corrected chi connectivity index (χ3v) is 14.1. The van der Waals surface area contributed by atoms with Crippen LogP contribution in [0.1, 0.15) is 111 Å². The van der Waals surface area contributed by atoms with E-state index in [0.29, 0.717) is 6.42 Å². The minimum atomic E-state index is -1.78. The van der Waals surface area contributed by atoms with Gasteiger partial charge < -0.3 is 24.1 Å². The number of unbranched alkanes of at least 4 members (excludes halogenated alkanes) is 3. The molecule has 39 heavy (non-hydrogen) atoms. The van der Waals surface area contributed by atoms with Crippen LogP contribution in [0.2, 0.25) is 18.1 Å². The molecule has 2 rings (SSSR count). The first kappa shape index (κ1) is 34.8. The molecule has 8 heteroatoms. The predicted octanol–water partition coefficient (Wildman–Crippen LogP) is 8.06. The Morgan fingerprint density at radius 1 is 1.13 bits per heavy atom. The molecule has 6 nitrogen and oxygen atoms in total. The highest BCUT2D eigenvalue weighted by atomic mass is 35.5. The van der Waals surface area contributed by atoms with E-state index in [-0.39, 0.29) is 47.2 Å². The summed E-state index contributed by atoms with van der Waals surface area (Å²) in [5, 5.41) is 19.9. The second kappa shape index (κ2) is 16.9. The van der Waals surface area contributed by atoms with Crippen molar-refractivity contribution in [3.63, 3.8) is 0 Å². The van der Waals surface area contributed by atoms with Crippen LogP contribution in [0.4, 0.5) is 0 Å². The molecule has 1 heterocycles. The highest BCUT2D eigenvalue weighted by molar-refractivity contribution is 6.74. The first-order chi connectivity index (χ1) is 18.3. The lowest BCUT2D eigenvalue weighted by atomic mass is 9.88. The first-order valence-corrected chi connectivity index (χ1v) is 18.8. The molecule has 0 aromatic heterocycles. The molecule has 1 saturated heterocycles. The summed E-state index contributed by atoms with van der Waals surface area (Å²) in [6, 6.07) is 0. The van der Waals surface area contributed by atoms with Gasteiger partial charge in [-0.3, -0.25) is 4.79 Å². The normalized spacial score (nSPS) is 28.2. The Morgan fingerprint density at radius 3 is 2.49 bits per heavy atom. The van der Waals surface area contributed by atoms with E-state index in [1.807, 2.05) is 6.08 Å². The van der Waals surface area contributed by atoms with Crippen molar-refractivity contribution in [3.05, 3.63) is 12.2 Å². The Kier molecular flexibility index (Phi) is 15.0. The Balaban J connectivity index is 1.90. The van der Waals surface area contributed by atoms with Gasteiger partial charge in [-0.25, -0.2) is 0 Å². The number of aliphatic carboxylic acids is 1. The summed E-state index contributed by atoms with van der Waals surface area (Å²) in [5.41, 5.74) is 0. The number of aliphatic hydroxyl groups is 1. The number of alkyl halides is 1. The van der Waals surface area contributed by atoms with E-state index in [0.717, 1.165) is 77.2 Å². The highest BCUT2D eigenvalue weighted by Crippen LogP contribution is 2.43. The molecule has 0 radical (unpaired) electrons. The van der Waals surface area contributed by atoms with E-state index in [9.17, 15) is 9.90 Å². The third kappa shape index (κ3) is 12.5. The molecule has 2 aliphatic rings. The lowest BCUT2D eigenvalue weighted by molar-refractivity contribution is -0.192. The maximum Gasteiger partial charge on any atom is 0.303 e. The van der Waals surface area contributed by atoms with Gasteiger partial charge in [0.15, 0.2) is 14.6 Å². The fourth-order valence-corrected chi connectivity index (χ4v) is 7.53. The monoisotopic (exact) mass is 588 g/mol. The summed E-state index contributed by atoms with van der Waals surface area (Å²) in [6.45, 7) is 14.3. The molecule has 2 N–H and O–H groups in total. The van der Waals surface area contributed by atoms with E-state index < -0.39 is 20.4 Å². The van der Waals surface area contributed by atoms with Gasteiger partial charge in [0.1, 0.15) is 0 Å². The van der Waals surface area contributed by atoms with Crippen molar-refractivity contribution in [3.8, 4) is 0 Å². The van der Waals surface area contributed by atoms with Crippen molar-refractivity contribution < 1.29 is 28.9 Å². The molecule has 0 spiro atoms. The lowest BCUT2D eigenvalue weighted by Gasteiger charge is -2.38. The van der Waals surface area contributed by atoms with Crippen LogP contribution >= 0.6 is 11.6 Å². The van der Waals surface area contributed by atoms with E-state index >= 15 is 0 Å². The fraction of sp³-hybridized carbons (Fsp3) is 0.903. The zero-order valence-electron chi connectivity index (χ0n) is 25.5. The van der Waals surface area contributed by atoms with E-state index in [1.165, 1.54) is 0 Å². The van der Waals surface area contributed by atoms with Gasteiger partial charge in [-0.2, -0.15) is 0 Å². The molecule has 1 aliphatic heterocycles. The molecule has 0 aromatic carbocycles. The van der Waals surface area contributed by atoms with Crippen LogP contribution < -0.4 is 0 Å². The van der Waals surface area contributed by atoms with Gasteiger partial charge in [0, 0.05) is 30.4 Å². The number of aliphatic hydroxyl groups excluding tert-OH is 1. The van der Waals surface area contributed by atoms with Gasteiger partial charge in [0.2, 0.25) is 0 Å². The summed E-state index contributed by atoms with van der Waals surface area (Å²) in [6.07, 6.45) is 15.1. The van der Waals surface area contributed by atoms with Crippen molar-refractivity contribution in [1.29, 1.82) is 0 Å². The second-order valence-corrected chi connectivity index (χ2v) is 18.7. The average molecular weight is 589 g/mol.